The molecule has 0 atom stereocenters. The molecule has 0 radical (unpaired) electrons. The Morgan fingerprint density at radius 1 is 1.10 bits per heavy atom. The van der Waals surface area contributed by atoms with Gasteiger partial charge in [-0.3, -0.25) is 19.2 Å². The monoisotopic (exact) mass is 429 g/mol. The number of Topliss-reactive ketones (excluding diaryl/α,β-unsaturated/α-hetero) is 1. The predicted octanol–water partition coefficient (Wildman–Crippen LogP) is 3.81. The molecule has 3 aromatic rings. The summed E-state index contributed by atoms with van der Waals surface area (Å²) in [5.74, 6) is -0.704. The highest BCUT2D eigenvalue weighted by Gasteiger charge is 2.24. The number of rotatable bonds is 7. The molecule has 1 amide bonds. The average molecular weight is 430 g/mol. The second-order valence-corrected chi connectivity index (χ2v) is 8.80. The molecule has 0 aliphatic carbocycles. The number of ketones is 1. The van der Waals surface area contributed by atoms with Crippen molar-refractivity contribution in [1.29, 1.82) is 0 Å². The Labute approximate surface area is 173 Å². The molecule has 1 N–H and O–H groups in total. The molecule has 0 unspecified atom stereocenters. The van der Waals surface area contributed by atoms with Crippen LogP contribution in [0.15, 0.2) is 64.9 Å². The fraction of sp³-hybridized carbons (Fsp3) is 0.150. The first-order valence-electron chi connectivity index (χ1n) is 8.78. The number of para-hydroxylation sites is 1. The second-order valence-electron chi connectivity index (χ2n) is 6.08. The molecule has 2 aromatic carbocycles. The van der Waals surface area contributed by atoms with E-state index in [1.807, 2.05) is 6.07 Å². The van der Waals surface area contributed by atoms with Gasteiger partial charge in [0, 0.05) is 24.4 Å². The minimum Gasteiger partial charge on any atom is -0.298 e. The van der Waals surface area contributed by atoms with E-state index in [4.69, 9.17) is 0 Å². The van der Waals surface area contributed by atoms with Gasteiger partial charge in [0.05, 0.1) is 10.6 Å². The van der Waals surface area contributed by atoms with Gasteiger partial charge in [0.2, 0.25) is 0 Å². The Hall–Kier alpha value is -3.04. The number of thiazole rings is 1. The van der Waals surface area contributed by atoms with Crippen molar-refractivity contribution in [2.24, 2.45) is 0 Å². The third kappa shape index (κ3) is 4.52. The van der Waals surface area contributed by atoms with E-state index in [9.17, 15) is 18.0 Å². The predicted molar refractivity (Wildman–Crippen MR) is 113 cm³/mol. The molecular weight excluding hydrogens is 410 g/mol. The summed E-state index contributed by atoms with van der Waals surface area (Å²) in [5, 5.41) is 4.42. The van der Waals surface area contributed by atoms with Crippen LogP contribution in [0, 0.1) is 0 Å². The van der Waals surface area contributed by atoms with Crippen molar-refractivity contribution < 1.29 is 18.0 Å². The quantitative estimate of drug-likeness (QED) is 0.576. The maximum Gasteiger partial charge on any atom is 0.264 e. The maximum absolute atomic E-state index is 13.1. The topological polar surface area (TPSA) is 96.4 Å². The van der Waals surface area contributed by atoms with Crippen LogP contribution in [0.1, 0.15) is 34.7 Å². The first-order chi connectivity index (χ1) is 13.8. The maximum atomic E-state index is 13.1. The molecule has 29 heavy (non-hydrogen) atoms. The third-order valence-corrected chi connectivity index (χ3v) is 6.76. The number of benzene rings is 2. The van der Waals surface area contributed by atoms with Crippen molar-refractivity contribution in [2.45, 2.75) is 18.7 Å². The molecule has 0 spiro atoms. The van der Waals surface area contributed by atoms with Crippen molar-refractivity contribution in [3.63, 3.8) is 0 Å². The van der Waals surface area contributed by atoms with Crippen molar-refractivity contribution in [3.8, 4) is 0 Å². The SMILES string of the molecule is CCN(c1ccccc1)S(=O)(=O)c1cccc(C(=O)Nc2nc(C(C)=O)cs2)c1. The van der Waals surface area contributed by atoms with Crippen molar-refractivity contribution >= 4 is 43.9 Å². The number of aromatic nitrogens is 1. The number of nitrogens with one attached hydrogen (secondary N) is 1. The van der Waals surface area contributed by atoms with Gasteiger partial charge in [0.25, 0.3) is 15.9 Å². The Morgan fingerprint density at radius 3 is 2.45 bits per heavy atom. The fourth-order valence-electron chi connectivity index (χ4n) is 2.67. The van der Waals surface area contributed by atoms with Crippen LogP contribution in [0.25, 0.3) is 0 Å². The summed E-state index contributed by atoms with van der Waals surface area (Å²) < 4.78 is 27.5. The van der Waals surface area contributed by atoms with Gasteiger partial charge < -0.3 is 0 Å². The molecule has 9 heteroatoms. The van der Waals surface area contributed by atoms with Crippen LogP contribution >= 0.6 is 11.3 Å². The minimum absolute atomic E-state index is 0.0133. The average Bonchev–Trinajstić information content (AvgIpc) is 3.18. The number of nitrogens with zero attached hydrogens (tertiary/aromatic N) is 2. The van der Waals surface area contributed by atoms with Gasteiger partial charge in [0.15, 0.2) is 10.9 Å². The summed E-state index contributed by atoms with van der Waals surface area (Å²) in [6, 6.07) is 14.6. The van der Waals surface area contributed by atoms with Crippen molar-refractivity contribution in [1.82, 2.24) is 4.98 Å². The Morgan fingerprint density at radius 2 is 1.83 bits per heavy atom. The van der Waals surface area contributed by atoms with E-state index >= 15 is 0 Å². The van der Waals surface area contributed by atoms with Gasteiger partial charge >= 0.3 is 0 Å². The lowest BCUT2D eigenvalue weighted by atomic mass is 10.2. The van der Waals surface area contributed by atoms with Gasteiger partial charge in [-0.05, 0) is 37.3 Å². The standard InChI is InChI=1S/C20H19N3O4S2/c1-3-23(16-9-5-4-6-10-16)29(26,27)17-11-7-8-15(12-17)19(25)22-20-21-18(13-28-20)14(2)24/h4-13H,3H2,1-2H3,(H,21,22,25). The van der Waals surface area contributed by atoms with Gasteiger partial charge in [-0.25, -0.2) is 13.4 Å². The molecule has 1 aromatic heterocycles. The molecule has 0 aliphatic rings. The van der Waals surface area contributed by atoms with E-state index in [2.05, 4.69) is 10.3 Å². The Kier molecular flexibility index (Phi) is 6.09. The molecule has 0 aliphatic heterocycles. The lowest BCUT2D eigenvalue weighted by Crippen LogP contribution is -2.30. The van der Waals surface area contributed by atoms with E-state index < -0.39 is 15.9 Å². The fourth-order valence-corrected chi connectivity index (χ4v) is 4.94. The van der Waals surface area contributed by atoms with Crippen LogP contribution in [0.4, 0.5) is 10.8 Å². The molecule has 7 nitrogen and oxygen atoms in total. The highest BCUT2D eigenvalue weighted by atomic mass is 32.2. The molecule has 0 saturated carbocycles. The number of hydrogen-bond acceptors (Lipinski definition) is 6. The number of sulfonamides is 1. The van der Waals surface area contributed by atoms with Gasteiger partial charge in [-0.15, -0.1) is 11.3 Å². The minimum atomic E-state index is -3.84. The van der Waals surface area contributed by atoms with Crippen LogP contribution in [0.5, 0.6) is 0 Å². The Balaban J connectivity index is 1.87. The van der Waals surface area contributed by atoms with Crippen LogP contribution in [-0.4, -0.2) is 31.6 Å². The molecule has 150 valence electrons. The zero-order valence-corrected chi connectivity index (χ0v) is 17.5. The molecular formula is C20H19N3O4S2. The molecule has 3 rings (SSSR count). The third-order valence-electron chi connectivity index (χ3n) is 4.10. The van der Waals surface area contributed by atoms with E-state index in [1.54, 1.807) is 36.6 Å². The van der Waals surface area contributed by atoms with E-state index in [0.717, 1.165) is 11.3 Å². The summed E-state index contributed by atoms with van der Waals surface area (Å²) >= 11 is 1.13. The van der Waals surface area contributed by atoms with E-state index in [1.165, 1.54) is 35.5 Å². The lowest BCUT2D eigenvalue weighted by Gasteiger charge is -2.23. The van der Waals surface area contributed by atoms with Crippen molar-refractivity contribution in [3.05, 3.63) is 71.2 Å². The number of carbonyl (C=O) groups is 2. The van der Waals surface area contributed by atoms with Crippen LogP contribution in [0.2, 0.25) is 0 Å². The number of hydrogen-bond donors (Lipinski definition) is 1. The van der Waals surface area contributed by atoms with Crippen molar-refractivity contribution in [2.75, 3.05) is 16.2 Å². The van der Waals surface area contributed by atoms with Crippen LogP contribution < -0.4 is 9.62 Å². The summed E-state index contributed by atoms with van der Waals surface area (Å²) in [6.45, 7) is 3.38. The summed E-state index contributed by atoms with van der Waals surface area (Å²) in [7, 11) is -3.84. The number of carbonyl (C=O) groups excluding carboxylic acids is 2. The van der Waals surface area contributed by atoms with E-state index in [-0.39, 0.29) is 33.6 Å². The summed E-state index contributed by atoms with van der Waals surface area (Å²) in [6.07, 6.45) is 0. The van der Waals surface area contributed by atoms with Gasteiger partial charge in [0.1, 0.15) is 5.69 Å². The van der Waals surface area contributed by atoms with E-state index in [0.29, 0.717) is 5.69 Å². The first kappa shape index (κ1) is 20.7. The lowest BCUT2D eigenvalue weighted by molar-refractivity contribution is 0.100. The number of amides is 1. The highest BCUT2D eigenvalue weighted by Crippen LogP contribution is 2.24. The zero-order chi connectivity index (χ0) is 21.0. The largest absolute Gasteiger partial charge is 0.298 e. The summed E-state index contributed by atoms with van der Waals surface area (Å²) in [4.78, 5) is 27.9. The molecule has 0 bridgehead atoms. The second kappa shape index (κ2) is 8.54. The zero-order valence-electron chi connectivity index (χ0n) is 15.8. The van der Waals surface area contributed by atoms with Crippen LogP contribution in [0.3, 0.4) is 0 Å². The molecule has 1 heterocycles. The van der Waals surface area contributed by atoms with Crippen LogP contribution in [-0.2, 0) is 10.0 Å². The normalized spacial score (nSPS) is 11.1. The summed E-state index contributed by atoms with van der Waals surface area (Å²) in [5.41, 5.74) is 0.988. The first-order valence-corrected chi connectivity index (χ1v) is 11.1. The number of anilines is 2. The van der Waals surface area contributed by atoms with Gasteiger partial charge in [-0.1, -0.05) is 24.3 Å². The van der Waals surface area contributed by atoms with Gasteiger partial charge in [-0.2, -0.15) is 0 Å². The molecule has 0 fully saturated rings. The highest BCUT2D eigenvalue weighted by molar-refractivity contribution is 7.92. The Bertz CT molecular complexity index is 1140. The molecule has 0 saturated heterocycles. The smallest absolute Gasteiger partial charge is 0.264 e.